The second kappa shape index (κ2) is 3.89. The third-order valence-electron chi connectivity index (χ3n) is 1.77. The number of hydrogen-bond acceptors (Lipinski definition) is 4. The number of benzene rings is 1. The van der Waals surface area contributed by atoms with Gasteiger partial charge in [-0.3, -0.25) is 8.98 Å². The second-order valence-electron chi connectivity index (χ2n) is 2.70. The Morgan fingerprint density at radius 3 is 2.07 bits per heavy atom. The lowest BCUT2D eigenvalue weighted by molar-refractivity contribution is 0.101. The maximum Gasteiger partial charge on any atom is 0.296 e. The molecule has 0 spiro atoms. The summed E-state index contributed by atoms with van der Waals surface area (Å²) in [6.07, 6.45) is 0. The van der Waals surface area contributed by atoms with Gasteiger partial charge in [0.2, 0.25) is 0 Å². The monoisotopic (exact) mass is 214 g/mol. The lowest BCUT2D eigenvalue weighted by Crippen LogP contribution is -2.03. The van der Waals surface area contributed by atoms with Crippen molar-refractivity contribution in [1.29, 1.82) is 0 Å². The minimum Gasteiger partial charge on any atom is -0.295 e. The molecule has 1 rings (SSSR count). The van der Waals surface area contributed by atoms with Crippen molar-refractivity contribution < 1.29 is 17.4 Å². The molecule has 0 N–H and O–H groups in total. The van der Waals surface area contributed by atoms with E-state index in [1.54, 1.807) is 0 Å². The minimum absolute atomic E-state index is 0.0463. The van der Waals surface area contributed by atoms with Crippen LogP contribution in [0.1, 0.15) is 17.3 Å². The van der Waals surface area contributed by atoms with Gasteiger partial charge in [0.05, 0.1) is 12.0 Å². The van der Waals surface area contributed by atoms with Crippen molar-refractivity contribution in [3.8, 4) is 0 Å². The summed E-state index contributed by atoms with van der Waals surface area (Å²) < 4.78 is 26.7. The Morgan fingerprint density at radius 2 is 1.71 bits per heavy atom. The van der Waals surface area contributed by atoms with Crippen LogP contribution in [0, 0.1) is 0 Å². The van der Waals surface area contributed by atoms with Gasteiger partial charge in [-0.05, 0) is 19.1 Å². The number of rotatable bonds is 3. The first kappa shape index (κ1) is 10.9. The highest BCUT2D eigenvalue weighted by molar-refractivity contribution is 7.86. The molecular weight excluding hydrogens is 204 g/mol. The summed E-state index contributed by atoms with van der Waals surface area (Å²) in [7, 11) is -2.56. The summed E-state index contributed by atoms with van der Waals surface area (Å²) in [5, 5.41) is 0. The molecule has 0 saturated heterocycles. The maximum atomic E-state index is 11.2. The fourth-order valence-electron chi connectivity index (χ4n) is 0.953. The van der Waals surface area contributed by atoms with Gasteiger partial charge in [-0.2, -0.15) is 8.42 Å². The topological polar surface area (TPSA) is 60.4 Å². The van der Waals surface area contributed by atoms with Crippen LogP contribution in [0.25, 0.3) is 0 Å². The van der Waals surface area contributed by atoms with Crippen molar-refractivity contribution in [3.63, 3.8) is 0 Å². The summed E-state index contributed by atoms with van der Waals surface area (Å²) in [4.78, 5) is 10.9. The lowest BCUT2D eigenvalue weighted by atomic mass is 10.2. The number of carbonyl (C=O) groups excluding carboxylic acids is 1. The molecule has 0 saturated carbocycles. The van der Waals surface area contributed by atoms with Crippen LogP contribution >= 0.6 is 0 Å². The van der Waals surface area contributed by atoms with E-state index >= 15 is 0 Å². The Morgan fingerprint density at radius 1 is 1.21 bits per heavy atom. The van der Waals surface area contributed by atoms with E-state index in [1.807, 2.05) is 0 Å². The molecule has 0 aliphatic carbocycles. The van der Waals surface area contributed by atoms with Gasteiger partial charge in [0, 0.05) is 5.56 Å². The van der Waals surface area contributed by atoms with E-state index in [4.69, 9.17) is 0 Å². The Hall–Kier alpha value is -1.20. The number of carbonyl (C=O) groups is 1. The average molecular weight is 214 g/mol. The Bertz CT molecular complexity index is 430. The van der Waals surface area contributed by atoms with Crippen LogP contribution in [0.3, 0.4) is 0 Å². The van der Waals surface area contributed by atoms with Crippen LogP contribution in [0.15, 0.2) is 29.2 Å². The zero-order valence-electron chi connectivity index (χ0n) is 7.85. The Balaban J connectivity index is 3.12. The van der Waals surface area contributed by atoms with E-state index in [2.05, 4.69) is 4.18 Å². The van der Waals surface area contributed by atoms with Gasteiger partial charge >= 0.3 is 0 Å². The predicted molar refractivity (Wildman–Crippen MR) is 50.6 cm³/mol. The van der Waals surface area contributed by atoms with E-state index in [-0.39, 0.29) is 10.7 Å². The maximum absolute atomic E-state index is 11.2. The Kier molecular flexibility index (Phi) is 3.03. The van der Waals surface area contributed by atoms with Crippen molar-refractivity contribution in [2.45, 2.75) is 11.8 Å². The molecule has 76 valence electrons. The molecule has 4 nitrogen and oxygen atoms in total. The van der Waals surface area contributed by atoms with E-state index < -0.39 is 10.1 Å². The molecule has 0 aromatic heterocycles. The van der Waals surface area contributed by atoms with Crippen LogP contribution in [-0.4, -0.2) is 21.3 Å². The quantitative estimate of drug-likeness (QED) is 0.560. The van der Waals surface area contributed by atoms with Crippen LogP contribution in [0.5, 0.6) is 0 Å². The SMILES string of the molecule is COS(=O)(=O)c1ccc(C(C)=O)cc1. The minimum atomic E-state index is -3.65. The van der Waals surface area contributed by atoms with Crippen LogP contribution in [0.2, 0.25) is 0 Å². The van der Waals surface area contributed by atoms with Crippen molar-refractivity contribution in [2.75, 3.05) is 7.11 Å². The fraction of sp³-hybridized carbons (Fsp3) is 0.222. The predicted octanol–water partition coefficient (Wildman–Crippen LogP) is 1.22. The molecule has 14 heavy (non-hydrogen) atoms. The summed E-state index contributed by atoms with van der Waals surface area (Å²) in [6.45, 7) is 1.42. The largest absolute Gasteiger partial charge is 0.296 e. The highest BCUT2D eigenvalue weighted by atomic mass is 32.2. The normalized spacial score (nSPS) is 11.3. The molecule has 0 amide bonds. The first-order valence-corrected chi connectivity index (χ1v) is 5.30. The van der Waals surface area contributed by atoms with Gasteiger partial charge in [-0.25, -0.2) is 0 Å². The van der Waals surface area contributed by atoms with Gasteiger partial charge < -0.3 is 0 Å². The van der Waals surface area contributed by atoms with Crippen LogP contribution in [-0.2, 0) is 14.3 Å². The van der Waals surface area contributed by atoms with Gasteiger partial charge in [0.25, 0.3) is 10.1 Å². The third kappa shape index (κ3) is 2.18. The molecule has 0 fully saturated rings. The zero-order valence-corrected chi connectivity index (χ0v) is 8.67. The third-order valence-corrected chi connectivity index (χ3v) is 3.06. The summed E-state index contributed by atoms with van der Waals surface area (Å²) in [5.74, 6) is -0.105. The fourth-order valence-corrected chi connectivity index (χ4v) is 1.61. The zero-order chi connectivity index (χ0) is 10.8. The summed E-state index contributed by atoms with van der Waals surface area (Å²) >= 11 is 0. The van der Waals surface area contributed by atoms with Crippen LogP contribution in [0.4, 0.5) is 0 Å². The van der Waals surface area contributed by atoms with Gasteiger partial charge in [0.1, 0.15) is 0 Å². The van der Waals surface area contributed by atoms with Crippen LogP contribution < -0.4 is 0 Å². The highest BCUT2D eigenvalue weighted by Gasteiger charge is 2.12. The van der Waals surface area contributed by atoms with Crippen molar-refractivity contribution >= 4 is 15.9 Å². The van der Waals surface area contributed by atoms with E-state index in [0.29, 0.717) is 5.56 Å². The van der Waals surface area contributed by atoms with Crippen molar-refractivity contribution in [3.05, 3.63) is 29.8 Å². The van der Waals surface area contributed by atoms with E-state index in [9.17, 15) is 13.2 Å². The van der Waals surface area contributed by atoms with E-state index in [1.165, 1.54) is 31.2 Å². The van der Waals surface area contributed by atoms with Gasteiger partial charge in [-0.15, -0.1) is 0 Å². The molecule has 0 heterocycles. The smallest absolute Gasteiger partial charge is 0.295 e. The first-order valence-electron chi connectivity index (χ1n) is 3.89. The van der Waals surface area contributed by atoms with E-state index in [0.717, 1.165) is 7.11 Å². The Labute approximate surface area is 82.6 Å². The number of ketones is 1. The molecule has 1 aromatic rings. The van der Waals surface area contributed by atoms with Crippen molar-refractivity contribution in [1.82, 2.24) is 0 Å². The number of hydrogen-bond donors (Lipinski definition) is 0. The molecule has 0 aliphatic rings. The summed E-state index contributed by atoms with van der Waals surface area (Å²) in [6, 6.07) is 5.59. The van der Waals surface area contributed by atoms with Crippen molar-refractivity contribution in [2.24, 2.45) is 0 Å². The van der Waals surface area contributed by atoms with Gasteiger partial charge in [-0.1, -0.05) is 12.1 Å². The molecular formula is C9H10O4S. The molecule has 0 bridgehead atoms. The highest BCUT2D eigenvalue weighted by Crippen LogP contribution is 2.12. The molecule has 5 heteroatoms. The molecule has 0 radical (unpaired) electrons. The van der Waals surface area contributed by atoms with Gasteiger partial charge in [0.15, 0.2) is 5.78 Å². The molecule has 0 aliphatic heterocycles. The molecule has 0 unspecified atom stereocenters. The standard InChI is InChI=1S/C9H10O4S/c1-7(10)8-3-5-9(6-4-8)14(11,12)13-2/h3-6H,1-2H3. The lowest BCUT2D eigenvalue weighted by Gasteiger charge is -2.01. The summed E-state index contributed by atoms with van der Waals surface area (Å²) in [5.41, 5.74) is 0.472. The first-order chi connectivity index (χ1) is 6.47. The molecule has 0 atom stereocenters. The average Bonchev–Trinajstić information content (AvgIpc) is 2.18. The second-order valence-corrected chi connectivity index (χ2v) is 4.41. The molecule has 1 aromatic carbocycles. The number of Topliss-reactive ketones (excluding diaryl/α,β-unsaturated/α-hetero) is 1.